The molecule has 5 nitrogen and oxygen atoms in total. The molecule has 0 saturated carbocycles. The normalized spacial score (nSPS) is 12.7. The van der Waals surface area contributed by atoms with Crippen molar-refractivity contribution in [3.05, 3.63) is 47.8 Å². The zero-order chi connectivity index (χ0) is 18.4. The zero-order valence-electron chi connectivity index (χ0n) is 14.2. The van der Waals surface area contributed by atoms with Crippen LogP contribution in [0.1, 0.15) is 4.11 Å². The van der Waals surface area contributed by atoms with Crippen LogP contribution in [0, 0.1) is 6.57 Å². The average molecular weight is 308 g/mol. The predicted octanol–water partition coefficient (Wildman–Crippen LogP) is 4.03. The molecule has 0 aliphatic carbocycles. The van der Waals surface area contributed by atoms with Gasteiger partial charge in [-0.05, 0) is 36.4 Å². The molecule has 1 heterocycles. The van der Waals surface area contributed by atoms with Gasteiger partial charge in [-0.3, -0.25) is 0 Å². The van der Waals surface area contributed by atoms with E-state index in [1.54, 1.807) is 0 Å². The van der Waals surface area contributed by atoms with E-state index in [2.05, 4.69) is 15.1 Å². The number of pyridine rings is 1. The minimum absolute atomic E-state index is 0.0439. The average Bonchev–Trinajstić information content (AvgIpc) is 2.53. The quantitative estimate of drug-likeness (QED) is 0.819. The molecule has 0 unspecified atom stereocenters. The number of nitrogens with one attached hydrogen (secondary N) is 1. The zero-order valence-corrected chi connectivity index (χ0v) is 11.2. The lowest BCUT2D eigenvalue weighted by Gasteiger charge is -2.11. The van der Waals surface area contributed by atoms with Gasteiger partial charge in [-0.15, -0.1) is 0 Å². The standard InChI is InChI=1S/C15H13F2N3O2/c1-18-12-7-8-14(22-9-13(16)17)20-15(12)19-10-3-5-11(21-2)6-4-10/h3-8,13H,9H2,2H3,(H,19,20)/i2D3. The Balaban J connectivity index is 2.15. The van der Waals surface area contributed by atoms with Crippen molar-refractivity contribution in [2.75, 3.05) is 19.0 Å². The smallest absolute Gasteiger partial charge is 0.272 e. The van der Waals surface area contributed by atoms with Crippen LogP contribution >= 0.6 is 0 Å². The summed E-state index contributed by atoms with van der Waals surface area (Å²) in [6, 6.07) is 8.66. The van der Waals surface area contributed by atoms with Crippen molar-refractivity contribution in [1.29, 1.82) is 0 Å². The molecule has 22 heavy (non-hydrogen) atoms. The van der Waals surface area contributed by atoms with Gasteiger partial charge in [-0.25, -0.2) is 18.6 Å². The van der Waals surface area contributed by atoms with E-state index in [1.165, 1.54) is 36.4 Å². The molecule has 0 spiro atoms. The van der Waals surface area contributed by atoms with E-state index in [-0.39, 0.29) is 23.1 Å². The fraction of sp³-hybridized carbons (Fsp3) is 0.200. The van der Waals surface area contributed by atoms with Crippen LogP contribution in [-0.2, 0) is 0 Å². The Hall–Kier alpha value is -2.88. The molecule has 0 fully saturated rings. The Morgan fingerprint density at radius 1 is 1.32 bits per heavy atom. The van der Waals surface area contributed by atoms with E-state index in [0.29, 0.717) is 5.69 Å². The molecule has 1 N–H and O–H groups in total. The molecule has 0 radical (unpaired) electrons. The SMILES string of the molecule is [2H]C([2H])([2H])Oc1ccc(Nc2nc(OCC(F)F)ccc2[N+]#[C-])cc1. The number of nitrogens with zero attached hydrogens (tertiary/aromatic N) is 2. The van der Waals surface area contributed by atoms with Crippen molar-refractivity contribution in [1.82, 2.24) is 4.98 Å². The predicted molar refractivity (Wildman–Crippen MR) is 78.3 cm³/mol. The third-order valence-corrected chi connectivity index (χ3v) is 2.56. The number of anilines is 2. The number of benzene rings is 1. The third kappa shape index (κ3) is 4.06. The monoisotopic (exact) mass is 308 g/mol. The summed E-state index contributed by atoms with van der Waals surface area (Å²) >= 11 is 0. The Kier molecular flexibility index (Phi) is 3.85. The number of halogens is 2. The first-order chi connectivity index (χ1) is 11.8. The van der Waals surface area contributed by atoms with Gasteiger partial charge in [-0.2, -0.15) is 0 Å². The van der Waals surface area contributed by atoms with Crippen molar-refractivity contribution < 1.29 is 22.4 Å². The van der Waals surface area contributed by atoms with Gasteiger partial charge in [-0.1, -0.05) is 0 Å². The van der Waals surface area contributed by atoms with E-state index in [4.69, 9.17) is 20.2 Å². The first-order valence-corrected chi connectivity index (χ1v) is 6.12. The van der Waals surface area contributed by atoms with Gasteiger partial charge in [0, 0.05) is 5.69 Å². The van der Waals surface area contributed by atoms with E-state index >= 15 is 0 Å². The topological polar surface area (TPSA) is 47.7 Å². The van der Waals surface area contributed by atoms with Crippen molar-refractivity contribution in [2.24, 2.45) is 0 Å². The second kappa shape index (κ2) is 7.22. The van der Waals surface area contributed by atoms with Gasteiger partial charge in [0.05, 0.1) is 17.7 Å². The van der Waals surface area contributed by atoms with Crippen molar-refractivity contribution >= 4 is 17.2 Å². The summed E-state index contributed by atoms with van der Waals surface area (Å²) in [6.07, 6.45) is -2.63. The van der Waals surface area contributed by atoms with Gasteiger partial charge in [0.25, 0.3) is 6.43 Å². The minimum atomic E-state index is -2.63. The molecule has 0 amide bonds. The van der Waals surface area contributed by atoms with Crippen LogP contribution in [0.4, 0.5) is 26.0 Å². The van der Waals surface area contributed by atoms with Crippen LogP contribution in [0.25, 0.3) is 4.85 Å². The van der Waals surface area contributed by atoms with Crippen molar-refractivity contribution in [3.8, 4) is 11.6 Å². The molecule has 1 aromatic heterocycles. The van der Waals surface area contributed by atoms with E-state index in [0.717, 1.165) is 0 Å². The number of hydrogen-bond donors (Lipinski definition) is 1. The largest absolute Gasteiger partial charge is 0.497 e. The highest BCUT2D eigenvalue weighted by molar-refractivity contribution is 5.72. The van der Waals surface area contributed by atoms with Crippen LogP contribution < -0.4 is 14.8 Å². The second-order valence-corrected chi connectivity index (χ2v) is 4.08. The Labute approximate surface area is 130 Å². The highest BCUT2D eigenvalue weighted by atomic mass is 19.3. The summed E-state index contributed by atoms with van der Waals surface area (Å²) in [6.45, 7) is 6.32. The van der Waals surface area contributed by atoms with Crippen molar-refractivity contribution in [3.63, 3.8) is 0 Å². The first-order valence-electron chi connectivity index (χ1n) is 7.62. The fourth-order valence-corrected chi connectivity index (χ4v) is 1.59. The Morgan fingerprint density at radius 3 is 2.73 bits per heavy atom. The highest BCUT2D eigenvalue weighted by Gasteiger charge is 2.09. The van der Waals surface area contributed by atoms with Crippen LogP contribution in [-0.4, -0.2) is 25.1 Å². The van der Waals surface area contributed by atoms with Crippen molar-refractivity contribution in [2.45, 2.75) is 6.43 Å². The number of aromatic nitrogens is 1. The van der Waals surface area contributed by atoms with Gasteiger partial charge < -0.3 is 14.8 Å². The summed E-state index contributed by atoms with van der Waals surface area (Å²) in [4.78, 5) is 7.28. The molecule has 0 saturated heterocycles. The molecule has 0 bridgehead atoms. The lowest BCUT2D eigenvalue weighted by Crippen LogP contribution is -2.08. The number of ether oxygens (including phenoxy) is 2. The maximum atomic E-state index is 12.2. The second-order valence-electron chi connectivity index (χ2n) is 4.08. The number of hydrogen-bond acceptors (Lipinski definition) is 4. The first kappa shape index (κ1) is 11.7. The van der Waals surface area contributed by atoms with E-state index < -0.39 is 20.1 Å². The molecule has 114 valence electrons. The number of rotatable bonds is 6. The summed E-state index contributed by atoms with van der Waals surface area (Å²) in [5, 5.41) is 2.85. The molecular formula is C15H13F2N3O2. The summed E-state index contributed by atoms with van der Waals surface area (Å²) in [7, 11) is -2.55. The van der Waals surface area contributed by atoms with Crippen LogP contribution in [0.3, 0.4) is 0 Å². The maximum absolute atomic E-state index is 12.2. The molecule has 2 rings (SSSR count). The summed E-state index contributed by atoms with van der Waals surface area (Å²) in [5.41, 5.74) is 0.675. The van der Waals surface area contributed by atoms with Crippen LogP contribution in [0.2, 0.25) is 0 Å². The summed E-state index contributed by atoms with van der Waals surface area (Å²) in [5.74, 6) is 0.238. The van der Waals surface area contributed by atoms with E-state index in [1.807, 2.05) is 0 Å². The lowest BCUT2D eigenvalue weighted by molar-refractivity contribution is 0.0797. The molecule has 0 aliphatic rings. The molecular weight excluding hydrogens is 292 g/mol. The number of alkyl halides is 2. The molecule has 1 aromatic carbocycles. The van der Waals surface area contributed by atoms with Crippen LogP contribution in [0.5, 0.6) is 11.6 Å². The molecule has 0 aliphatic heterocycles. The van der Waals surface area contributed by atoms with Gasteiger partial charge in [0.1, 0.15) is 11.6 Å². The third-order valence-electron chi connectivity index (χ3n) is 2.56. The Morgan fingerprint density at radius 2 is 2.09 bits per heavy atom. The lowest BCUT2D eigenvalue weighted by atomic mass is 10.3. The molecule has 2 aromatic rings. The molecule has 7 heteroatoms. The maximum Gasteiger partial charge on any atom is 0.272 e. The molecule has 0 atom stereocenters. The van der Waals surface area contributed by atoms with Gasteiger partial charge >= 0.3 is 0 Å². The Bertz CT molecular complexity index is 762. The van der Waals surface area contributed by atoms with E-state index in [9.17, 15) is 8.78 Å². The minimum Gasteiger partial charge on any atom is -0.497 e. The van der Waals surface area contributed by atoms with Crippen LogP contribution in [0.15, 0.2) is 36.4 Å². The van der Waals surface area contributed by atoms with Gasteiger partial charge in [0.15, 0.2) is 6.61 Å². The summed E-state index contributed by atoms with van der Waals surface area (Å²) < 4.78 is 55.1. The highest BCUT2D eigenvalue weighted by Crippen LogP contribution is 2.29. The number of methoxy groups -OCH3 is 1. The van der Waals surface area contributed by atoms with Gasteiger partial charge in [0.2, 0.25) is 11.6 Å². The fourth-order valence-electron chi connectivity index (χ4n) is 1.59.